The smallest absolute Gasteiger partial charge is 0.254 e. The quantitative estimate of drug-likeness (QED) is 0.705. The summed E-state index contributed by atoms with van der Waals surface area (Å²) in [7, 11) is -2.30. The van der Waals surface area contributed by atoms with Gasteiger partial charge in [0.1, 0.15) is 5.82 Å². The number of sulfonamides is 1. The highest BCUT2D eigenvalue weighted by Gasteiger charge is 2.32. The number of carbonyl (C=O) groups is 2. The Morgan fingerprint density at radius 2 is 1.88 bits per heavy atom. The minimum absolute atomic E-state index is 0.0338. The molecule has 2 unspecified atom stereocenters. The molecule has 2 heterocycles. The lowest BCUT2D eigenvalue weighted by Gasteiger charge is -2.34. The summed E-state index contributed by atoms with van der Waals surface area (Å²) in [5, 5.41) is 2.65. The fourth-order valence-corrected chi connectivity index (χ4v) is 5.20. The van der Waals surface area contributed by atoms with E-state index in [4.69, 9.17) is 4.74 Å². The van der Waals surface area contributed by atoms with Crippen LogP contribution in [0.15, 0.2) is 47.5 Å². The third-order valence-electron chi connectivity index (χ3n) is 5.02. The van der Waals surface area contributed by atoms with Crippen molar-refractivity contribution in [1.82, 2.24) is 14.2 Å². The summed E-state index contributed by atoms with van der Waals surface area (Å²) in [4.78, 5) is 30.5. The zero-order valence-electron chi connectivity index (χ0n) is 18.6. The van der Waals surface area contributed by atoms with Crippen molar-refractivity contribution < 1.29 is 22.7 Å². The molecule has 2 aromatic rings. The topological polar surface area (TPSA) is 109 Å². The van der Waals surface area contributed by atoms with Gasteiger partial charge in [-0.05, 0) is 56.7 Å². The van der Waals surface area contributed by atoms with Gasteiger partial charge in [-0.3, -0.25) is 9.59 Å². The van der Waals surface area contributed by atoms with E-state index in [0.29, 0.717) is 5.82 Å². The number of hydrogen-bond acceptors (Lipinski definition) is 6. The number of rotatable bonds is 6. The van der Waals surface area contributed by atoms with Crippen molar-refractivity contribution in [2.75, 3.05) is 32.0 Å². The van der Waals surface area contributed by atoms with Crippen molar-refractivity contribution in [1.29, 1.82) is 0 Å². The molecule has 1 N–H and O–H groups in total. The van der Waals surface area contributed by atoms with Crippen molar-refractivity contribution >= 4 is 27.7 Å². The number of carbonyl (C=O) groups excluding carboxylic acids is 2. The van der Waals surface area contributed by atoms with E-state index in [9.17, 15) is 18.0 Å². The second-order valence-corrected chi connectivity index (χ2v) is 9.97. The van der Waals surface area contributed by atoms with Crippen LogP contribution < -0.4 is 5.32 Å². The van der Waals surface area contributed by atoms with Gasteiger partial charge in [-0.2, -0.15) is 4.31 Å². The number of ether oxygens (including phenoxy) is 1. The molecule has 1 fully saturated rings. The highest BCUT2D eigenvalue weighted by Crippen LogP contribution is 2.22. The van der Waals surface area contributed by atoms with Crippen molar-refractivity contribution in [3.8, 4) is 0 Å². The molecule has 9 nitrogen and oxygen atoms in total. The third kappa shape index (κ3) is 5.70. The van der Waals surface area contributed by atoms with Crippen molar-refractivity contribution in [2.45, 2.75) is 37.9 Å². The van der Waals surface area contributed by atoms with Gasteiger partial charge in [0.2, 0.25) is 15.9 Å². The van der Waals surface area contributed by atoms with Crippen LogP contribution in [-0.4, -0.2) is 73.3 Å². The number of nitrogens with one attached hydrogen (secondary N) is 1. The van der Waals surface area contributed by atoms with E-state index in [1.807, 2.05) is 26.8 Å². The number of pyridine rings is 1. The minimum atomic E-state index is -3.78. The van der Waals surface area contributed by atoms with Crippen molar-refractivity contribution in [3.63, 3.8) is 0 Å². The normalized spacial score (nSPS) is 19.4. The van der Waals surface area contributed by atoms with E-state index in [0.717, 1.165) is 5.56 Å². The number of morpholine rings is 1. The average molecular weight is 461 g/mol. The molecule has 0 bridgehead atoms. The SMILES string of the molecule is Cc1ccnc(NC(=O)CN(C)C(=O)c2cccc(S(=O)(=O)N3CC(C)OC(C)C3)c2)c1. The lowest BCUT2D eigenvalue weighted by Crippen LogP contribution is -2.48. The maximum atomic E-state index is 13.1. The van der Waals surface area contributed by atoms with Gasteiger partial charge in [0.05, 0.1) is 23.6 Å². The molecule has 32 heavy (non-hydrogen) atoms. The number of nitrogens with zero attached hydrogens (tertiary/aromatic N) is 3. The largest absolute Gasteiger partial charge is 0.373 e. The second-order valence-electron chi connectivity index (χ2n) is 8.03. The Kier molecular flexibility index (Phi) is 7.27. The Morgan fingerprint density at radius 1 is 1.19 bits per heavy atom. The first-order valence-electron chi connectivity index (χ1n) is 10.3. The third-order valence-corrected chi connectivity index (χ3v) is 6.84. The first-order chi connectivity index (χ1) is 15.1. The molecule has 2 atom stereocenters. The van der Waals surface area contributed by atoms with Crippen LogP contribution in [0.2, 0.25) is 0 Å². The maximum absolute atomic E-state index is 13.1. The Hall–Kier alpha value is -2.82. The number of benzene rings is 1. The van der Waals surface area contributed by atoms with Crippen LogP contribution in [0.5, 0.6) is 0 Å². The van der Waals surface area contributed by atoms with Gasteiger partial charge in [-0.1, -0.05) is 6.07 Å². The van der Waals surface area contributed by atoms with Crippen LogP contribution in [0.1, 0.15) is 29.8 Å². The van der Waals surface area contributed by atoms with Crippen LogP contribution in [0, 0.1) is 6.92 Å². The summed E-state index contributed by atoms with van der Waals surface area (Å²) in [6, 6.07) is 9.40. The fraction of sp³-hybridized carbons (Fsp3) is 0.409. The average Bonchev–Trinajstić information content (AvgIpc) is 2.72. The molecule has 1 saturated heterocycles. The molecule has 1 aromatic carbocycles. The predicted octanol–water partition coefficient (Wildman–Crippen LogP) is 1.90. The Morgan fingerprint density at radius 3 is 2.53 bits per heavy atom. The summed E-state index contributed by atoms with van der Waals surface area (Å²) in [5.41, 5.74) is 1.13. The molecule has 10 heteroatoms. The first-order valence-corrected chi connectivity index (χ1v) is 11.7. The molecular formula is C22H28N4O5S. The summed E-state index contributed by atoms with van der Waals surface area (Å²) in [6.45, 7) is 5.82. The molecule has 1 aliphatic heterocycles. The van der Waals surface area contributed by atoms with Gasteiger partial charge in [-0.25, -0.2) is 13.4 Å². The van der Waals surface area contributed by atoms with Crippen LogP contribution in [0.25, 0.3) is 0 Å². The molecule has 0 radical (unpaired) electrons. The first kappa shape index (κ1) is 23.8. The van der Waals surface area contributed by atoms with E-state index < -0.39 is 21.8 Å². The van der Waals surface area contributed by atoms with E-state index in [1.54, 1.807) is 12.3 Å². The second kappa shape index (κ2) is 9.76. The van der Waals surface area contributed by atoms with Gasteiger partial charge in [-0.15, -0.1) is 0 Å². The van der Waals surface area contributed by atoms with Gasteiger partial charge in [0, 0.05) is 31.9 Å². The van der Waals surface area contributed by atoms with E-state index in [1.165, 1.54) is 40.5 Å². The molecule has 0 aliphatic carbocycles. The van der Waals surface area contributed by atoms with E-state index >= 15 is 0 Å². The van der Waals surface area contributed by atoms with Gasteiger partial charge < -0.3 is 15.0 Å². The Balaban J connectivity index is 1.71. The lowest BCUT2D eigenvalue weighted by molar-refractivity contribution is -0.116. The van der Waals surface area contributed by atoms with Crippen molar-refractivity contribution in [2.24, 2.45) is 0 Å². The van der Waals surface area contributed by atoms with Crippen LogP contribution in [0.4, 0.5) is 5.82 Å². The Bertz CT molecular complexity index is 1100. The van der Waals surface area contributed by atoms with Crippen LogP contribution in [-0.2, 0) is 19.6 Å². The van der Waals surface area contributed by atoms with E-state index in [-0.39, 0.29) is 42.3 Å². The minimum Gasteiger partial charge on any atom is -0.373 e. The maximum Gasteiger partial charge on any atom is 0.254 e. The standard InChI is InChI=1S/C22H28N4O5S/c1-15-8-9-23-20(10-15)24-21(27)14-25(4)22(28)18-6-5-7-19(11-18)32(29,30)26-12-16(2)31-17(3)13-26/h5-11,16-17H,12-14H2,1-4H3,(H,23,24,27). The predicted molar refractivity (Wildman–Crippen MR) is 120 cm³/mol. The summed E-state index contributed by atoms with van der Waals surface area (Å²) >= 11 is 0. The highest BCUT2D eigenvalue weighted by molar-refractivity contribution is 7.89. The molecule has 1 aliphatic rings. The summed E-state index contributed by atoms with van der Waals surface area (Å²) in [5.74, 6) is -0.463. The zero-order valence-corrected chi connectivity index (χ0v) is 19.4. The number of hydrogen-bond donors (Lipinski definition) is 1. The zero-order chi connectivity index (χ0) is 23.5. The Labute approximate surface area is 188 Å². The summed E-state index contributed by atoms with van der Waals surface area (Å²) < 4.78 is 33.2. The van der Waals surface area contributed by atoms with Crippen LogP contribution in [0.3, 0.4) is 0 Å². The van der Waals surface area contributed by atoms with Gasteiger partial charge in [0.15, 0.2) is 0 Å². The number of anilines is 1. The van der Waals surface area contributed by atoms with E-state index in [2.05, 4.69) is 10.3 Å². The number of aryl methyl sites for hydroxylation is 1. The monoisotopic (exact) mass is 460 g/mol. The lowest BCUT2D eigenvalue weighted by atomic mass is 10.2. The highest BCUT2D eigenvalue weighted by atomic mass is 32.2. The molecule has 0 spiro atoms. The van der Waals surface area contributed by atoms with Gasteiger partial charge >= 0.3 is 0 Å². The number of aromatic nitrogens is 1. The number of amides is 2. The molecule has 0 saturated carbocycles. The molecule has 1 aromatic heterocycles. The molecular weight excluding hydrogens is 432 g/mol. The molecule has 172 valence electrons. The number of likely N-dealkylation sites (N-methyl/N-ethyl adjacent to an activating group) is 1. The van der Waals surface area contributed by atoms with Gasteiger partial charge in [0.25, 0.3) is 5.91 Å². The molecule has 3 rings (SSSR count). The fourth-order valence-electron chi connectivity index (χ4n) is 3.56. The van der Waals surface area contributed by atoms with Crippen molar-refractivity contribution in [3.05, 3.63) is 53.7 Å². The molecule has 2 amide bonds. The summed E-state index contributed by atoms with van der Waals surface area (Å²) in [6.07, 6.45) is 1.15. The van der Waals surface area contributed by atoms with Crippen LogP contribution >= 0.6 is 0 Å².